The van der Waals surface area contributed by atoms with Gasteiger partial charge in [-0.1, -0.05) is 0 Å². The molecule has 4 rings (SSSR count). The van der Waals surface area contributed by atoms with Crippen LogP contribution in [-0.2, 0) is 17.6 Å². The van der Waals surface area contributed by atoms with Gasteiger partial charge in [0.1, 0.15) is 0 Å². The molecule has 1 aliphatic carbocycles. The number of ether oxygens (including phenoxy) is 1. The fourth-order valence-electron chi connectivity index (χ4n) is 3.88. The van der Waals surface area contributed by atoms with Gasteiger partial charge in [0.25, 0.3) is 0 Å². The molecule has 0 spiro atoms. The van der Waals surface area contributed by atoms with Crippen LogP contribution in [0.25, 0.3) is 0 Å². The summed E-state index contributed by atoms with van der Waals surface area (Å²) in [6.45, 7) is 5.28. The Hall–Kier alpha value is -1.20. The monoisotopic (exact) mass is 302 g/mol. The molecule has 0 unspecified atom stereocenters. The first-order valence-corrected chi connectivity index (χ1v) is 8.68. The van der Waals surface area contributed by atoms with Crippen molar-refractivity contribution in [1.82, 2.24) is 15.1 Å². The zero-order valence-electron chi connectivity index (χ0n) is 13.5. The number of fused-ring (bicyclic) bond motifs is 1. The highest BCUT2D eigenvalue weighted by atomic mass is 16.5. The number of anilines is 1. The van der Waals surface area contributed by atoms with Crippen molar-refractivity contribution in [3.05, 3.63) is 17.3 Å². The molecule has 0 radical (unpaired) electrons. The predicted molar refractivity (Wildman–Crippen MR) is 86.2 cm³/mol. The Labute approximate surface area is 132 Å². The van der Waals surface area contributed by atoms with Crippen LogP contribution in [0.4, 0.5) is 5.82 Å². The molecule has 3 aliphatic rings. The first-order valence-electron chi connectivity index (χ1n) is 8.68. The quantitative estimate of drug-likeness (QED) is 0.843. The fourth-order valence-corrected chi connectivity index (χ4v) is 3.88. The molecule has 120 valence electrons. The Morgan fingerprint density at radius 1 is 1.23 bits per heavy atom. The minimum absolute atomic E-state index is 0.665. The highest BCUT2D eigenvalue weighted by Crippen LogP contribution is 2.27. The molecule has 0 bridgehead atoms. The molecule has 0 N–H and O–H groups in total. The van der Waals surface area contributed by atoms with E-state index in [1.54, 1.807) is 0 Å². The van der Waals surface area contributed by atoms with Crippen molar-refractivity contribution < 1.29 is 4.74 Å². The molecular weight excluding hydrogens is 276 g/mol. The molecule has 1 aromatic rings. The Bertz CT molecular complexity index is 523. The number of rotatable bonds is 4. The van der Waals surface area contributed by atoms with E-state index in [1.165, 1.54) is 43.5 Å². The van der Waals surface area contributed by atoms with Gasteiger partial charge in [-0.25, -0.2) is 0 Å². The average molecular weight is 302 g/mol. The van der Waals surface area contributed by atoms with E-state index in [0.29, 0.717) is 6.04 Å². The van der Waals surface area contributed by atoms with E-state index in [4.69, 9.17) is 4.74 Å². The highest BCUT2D eigenvalue weighted by molar-refractivity contribution is 5.45. The molecule has 2 fully saturated rings. The van der Waals surface area contributed by atoms with Crippen LogP contribution in [0, 0.1) is 5.92 Å². The van der Waals surface area contributed by atoms with Crippen LogP contribution < -0.4 is 4.90 Å². The molecule has 0 atom stereocenters. The third-order valence-corrected chi connectivity index (χ3v) is 5.50. The van der Waals surface area contributed by atoms with E-state index < -0.39 is 0 Å². The van der Waals surface area contributed by atoms with Crippen LogP contribution in [0.2, 0.25) is 0 Å². The SMILES string of the molecule is CN(CC1CCOCC1)C1CN(c2cc3c(nn2)CCC3)C1. The lowest BCUT2D eigenvalue weighted by atomic mass is 9.98. The molecule has 0 aromatic carbocycles. The summed E-state index contributed by atoms with van der Waals surface area (Å²) >= 11 is 0. The van der Waals surface area contributed by atoms with Crippen LogP contribution in [0.3, 0.4) is 0 Å². The molecule has 0 amide bonds. The maximum Gasteiger partial charge on any atom is 0.151 e. The van der Waals surface area contributed by atoms with Crippen LogP contribution in [0.1, 0.15) is 30.5 Å². The first kappa shape index (κ1) is 14.4. The average Bonchev–Trinajstić information content (AvgIpc) is 2.94. The Morgan fingerprint density at radius 3 is 2.86 bits per heavy atom. The molecule has 5 heteroatoms. The van der Waals surface area contributed by atoms with Gasteiger partial charge in [0, 0.05) is 38.9 Å². The van der Waals surface area contributed by atoms with Crippen LogP contribution in [0.5, 0.6) is 0 Å². The molecule has 2 saturated heterocycles. The first-order chi connectivity index (χ1) is 10.8. The zero-order chi connectivity index (χ0) is 14.9. The van der Waals surface area contributed by atoms with Gasteiger partial charge in [-0.05, 0) is 56.7 Å². The van der Waals surface area contributed by atoms with Crippen molar-refractivity contribution in [2.24, 2.45) is 5.92 Å². The van der Waals surface area contributed by atoms with E-state index in [9.17, 15) is 0 Å². The van der Waals surface area contributed by atoms with Crippen molar-refractivity contribution in [3.8, 4) is 0 Å². The molecule has 1 aromatic heterocycles. The van der Waals surface area contributed by atoms with Gasteiger partial charge in [0.05, 0.1) is 5.69 Å². The summed E-state index contributed by atoms with van der Waals surface area (Å²) in [5.74, 6) is 1.89. The fraction of sp³-hybridized carbons (Fsp3) is 0.765. The van der Waals surface area contributed by atoms with Crippen LogP contribution in [0.15, 0.2) is 6.07 Å². The van der Waals surface area contributed by atoms with Crippen molar-refractivity contribution >= 4 is 5.82 Å². The standard InChI is InChI=1S/C17H26N4O/c1-20(10-13-5-7-22-8-6-13)15-11-21(12-15)17-9-14-3-2-4-16(14)18-19-17/h9,13,15H,2-8,10-12H2,1H3. The second-order valence-corrected chi connectivity index (χ2v) is 7.08. The smallest absolute Gasteiger partial charge is 0.151 e. The molecule has 3 heterocycles. The zero-order valence-corrected chi connectivity index (χ0v) is 13.5. The number of aromatic nitrogens is 2. The van der Waals surface area contributed by atoms with Crippen LogP contribution in [-0.4, -0.2) is 61.0 Å². The van der Waals surface area contributed by atoms with Crippen molar-refractivity contribution in [1.29, 1.82) is 0 Å². The number of likely N-dealkylation sites (N-methyl/N-ethyl adjacent to an activating group) is 1. The van der Waals surface area contributed by atoms with Gasteiger partial charge in [0.15, 0.2) is 5.82 Å². The minimum atomic E-state index is 0.665. The number of hydrogen-bond acceptors (Lipinski definition) is 5. The van der Waals surface area contributed by atoms with E-state index in [2.05, 4.69) is 33.1 Å². The molecule has 5 nitrogen and oxygen atoms in total. The van der Waals surface area contributed by atoms with Crippen molar-refractivity contribution in [2.75, 3.05) is 44.8 Å². The van der Waals surface area contributed by atoms with Gasteiger partial charge in [-0.15, -0.1) is 5.10 Å². The van der Waals surface area contributed by atoms with Gasteiger partial charge in [0.2, 0.25) is 0 Å². The van der Waals surface area contributed by atoms with E-state index in [1.807, 2.05) is 0 Å². The van der Waals surface area contributed by atoms with Gasteiger partial charge >= 0.3 is 0 Å². The van der Waals surface area contributed by atoms with Gasteiger partial charge < -0.3 is 9.64 Å². The highest BCUT2D eigenvalue weighted by Gasteiger charge is 2.32. The summed E-state index contributed by atoms with van der Waals surface area (Å²) in [4.78, 5) is 4.91. The number of aryl methyl sites for hydroxylation is 2. The van der Waals surface area contributed by atoms with Crippen molar-refractivity contribution in [2.45, 2.75) is 38.1 Å². The number of hydrogen-bond donors (Lipinski definition) is 0. The summed E-state index contributed by atoms with van der Waals surface area (Å²) in [5.41, 5.74) is 2.64. The largest absolute Gasteiger partial charge is 0.381 e. The Kier molecular flexibility index (Phi) is 4.01. The predicted octanol–water partition coefficient (Wildman–Crippen LogP) is 1.51. The number of nitrogens with zero attached hydrogens (tertiary/aromatic N) is 4. The maximum atomic E-state index is 5.45. The Morgan fingerprint density at radius 2 is 2.05 bits per heavy atom. The third kappa shape index (κ3) is 2.84. The summed E-state index contributed by atoms with van der Waals surface area (Å²) in [6, 6.07) is 2.93. The second-order valence-electron chi connectivity index (χ2n) is 7.08. The van der Waals surface area contributed by atoms with Crippen LogP contribution >= 0.6 is 0 Å². The summed E-state index contributed by atoms with van der Waals surface area (Å²) in [6.07, 6.45) is 5.97. The van der Waals surface area contributed by atoms with E-state index in [0.717, 1.165) is 44.5 Å². The van der Waals surface area contributed by atoms with Gasteiger partial charge in [-0.3, -0.25) is 4.90 Å². The van der Waals surface area contributed by atoms with E-state index >= 15 is 0 Å². The summed E-state index contributed by atoms with van der Waals surface area (Å²) in [5, 5.41) is 8.83. The lowest BCUT2D eigenvalue weighted by molar-refractivity contribution is 0.0480. The summed E-state index contributed by atoms with van der Waals surface area (Å²) < 4.78 is 5.45. The molecule has 0 saturated carbocycles. The normalized spacial score (nSPS) is 22.9. The molecular formula is C17H26N4O. The van der Waals surface area contributed by atoms with Crippen molar-refractivity contribution in [3.63, 3.8) is 0 Å². The van der Waals surface area contributed by atoms with Gasteiger partial charge in [-0.2, -0.15) is 5.10 Å². The lowest BCUT2D eigenvalue weighted by Crippen LogP contribution is -2.59. The Balaban J connectivity index is 1.30. The summed E-state index contributed by atoms with van der Waals surface area (Å²) in [7, 11) is 2.27. The maximum absolute atomic E-state index is 5.45. The topological polar surface area (TPSA) is 41.5 Å². The molecule has 22 heavy (non-hydrogen) atoms. The van der Waals surface area contributed by atoms with E-state index in [-0.39, 0.29) is 0 Å². The third-order valence-electron chi connectivity index (χ3n) is 5.50. The lowest BCUT2D eigenvalue weighted by Gasteiger charge is -2.45. The second kappa shape index (κ2) is 6.13. The molecule has 2 aliphatic heterocycles. The minimum Gasteiger partial charge on any atom is -0.381 e.